The summed E-state index contributed by atoms with van der Waals surface area (Å²) in [5.74, 6) is 1.08. The van der Waals surface area contributed by atoms with Gasteiger partial charge in [-0.3, -0.25) is 4.79 Å². The van der Waals surface area contributed by atoms with Crippen molar-refractivity contribution in [3.8, 4) is 0 Å². The van der Waals surface area contributed by atoms with Gasteiger partial charge in [0.25, 0.3) is 15.8 Å². The Balaban J connectivity index is 1.73. The van der Waals surface area contributed by atoms with E-state index in [1.54, 1.807) is 12.3 Å². The summed E-state index contributed by atoms with van der Waals surface area (Å²) in [6.07, 6.45) is 3.15. The molecule has 1 aliphatic heterocycles. The van der Waals surface area contributed by atoms with E-state index < -0.39 is 10.2 Å². The summed E-state index contributed by atoms with van der Waals surface area (Å²) in [4.78, 5) is 18.1. The van der Waals surface area contributed by atoms with Gasteiger partial charge < -0.3 is 10.6 Å². The van der Waals surface area contributed by atoms with Crippen molar-refractivity contribution in [1.82, 2.24) is 19.9 Å². The standard InChI is InChI=1S/C13H19N7O3S/c14-12-11-9(7-16-19-13(11)21)5-10(18-12)20-3-1-8(2-4-20)6-17-24(15,22)23/h5,7-8,17H,1-4,6H2,(H2,14,18)(H,19,21)(H2,15,22,23). The predicted molar refractivity (Wildman–Crippen MR) is 90.6 cm³/mol. The van der Waals surface area contributed by atoms with Crippen LogP contribution in [0.5, 0.6) is 0 Å². The number of pyridine rings is 1. The Morgan fingerprint density at radius 3 is 2.75 bits per heavy atom. The first kappa shape index (κ1) is 16.6. The second kappa shape index (κ2) is 6.34. The van der Waals surface area contributed by atoms with E-state index in [0.29, 0.717) is 36.2 Å². The highest BCUT2D eigenvalue weighted by molar-refractivity contribution is 7.87. The van der Waals surface area contributed by atoms with Gasteiger partial charge in [-0.25, -0.2) is 19.9 Å². The van der Waals surface area contributed by atoms with Crippen LogP contribution in [0.15, 0.2) is 17.1 Å². The van der Waals surface area contributed by atoms with E-state index in [9.17, 15) is 13.2 Å². The van der Waals surface area contributed by atoms with Gasteiger partial charge in [0.1, 0.15) is 11.6 Å². The summed E-state index contributed by atoms with van der Waals surface area (Å²) in [5.41, 5.74) is 5.55. The molecule has 1 aliphatic rings. The van der Waals surface area contributed by atoms with E-state index in [4.69, 9.17) is 10.9 Å². The third-order valence-corrected chi connectivity index (χ3v) is 4.74. The molecule has 0 unspecified atom stereocenters. The van der Waals surface area contributed by atoms with Crippen LogP contribution in [0, 0.1) is 5.92 Å². The molecule has 0 atom stereocenters. The van der Waals surface area contributed by atoms with Crippen molar-refractivity contribution in [2.75, 3.05) is 30.3 Å². The van der Waals surface area contributed by atoms with Gasteiger partial charge in [0.05, 0.1) is 11.6 Å². The van der Waals surface area contributed by atoms with Crippen LogP contribution < -0.4 is 26.1 Å². The summed E-state index contributed by atoms with van der Waals surface area (Å²) >= 11 is 0. The molecule has 0 aromatic carbocycles. The highest BCUT2D eigenvalue weighted by atomic mass is 32.2. The lowest BCUT2D eigenvalue weighted by Crippen LogP contribution is -2.40. The monoisotopic (exact) mass is 353 g/mol. The molecular weight excluding hydrogens is 334 g/mol. The Kier molecular flexibility index (Phi) is 4.39. The second-order valence-electron chi connectivity index (χ2n) is 5.85. The molecule has 24 heavy (non-hydrogen) atoms. The number of hydrogen-bond acceptors (Lipinski definition) is 7. The zero-order chi connectivity index (χ0) is 17.3. The summed E-state index contributed by atoms with van der Waals surface area (Å²) in [6, 6.07) is 1.79. The minimum Gasteiger partial charge on any atom is -0.383 e. The van der Waals surface area contributed by atoms with Crippen molar-refractivity contribution in [2.24, 2.45) is 11.1 Å². The van der Waals surface area contributed by atoms with Crippen LogP contribution in [0.4, 0.5) is 11.6 Å². The Bertz CT molecular complexity index is 903. The molecule has 130 valence electrons. The van der Waals surface area contributed by atoms with Crippen LogP contribution in [-0.4, -0.2) is 43.2 Å². The Hall–Kier alpha value is -2.24. The molecule has 0 radical (unpaired) electrons. The number of nitrogens with one attached hydrogen (secondary N) is 2. The number of anilines is 2. The maximum absolute atomic E-state index is 11.8. The quantitative estimate of drug-likeness (QED) is 0.543. The van der Waals surface area contributed by atoms with Crippen LogP contribution in [0.25, 0.3) is 10.8 Å². The average molecular weight is 353 g/mol. The summed E-state index contributed by atoms with van der Waals surface area (Å²) in [7, 11) is -3.66. The van der Waals surface area contributed by atoms with Crippen LogP contribution in [-0.2, 0) is 10.2 Å². The lowest BCUT2D eigenvalue weighted by atomic mass is 9.97. The fourth-order valence-electron chi connectivity index (χ4n) is 2.90. The first-order chi connectivity index (χ1) is 11.3. The lowest BCUT2D eigenvalue weighted by Gasteiger charge is -2.33. The number of nitrogen functional groups attached to an aromatic ring is 1. The topological polar surface area (TPSA) is 160 Å². The summed E-state index contributed by atoms with van der Waals surface area (Å²) < 4.78 is 24.2. The van der Waals surface area contributed by atoms with Crippen LogP contribution in [0.2, 0.25) is 0 Å². The highest BCUT2D eigenvalue weighted by Crippen LogP contribution is 2.25. The summed E-state index contributed by atoms with van der Waals surface area (Å²) in [5, 5.41) is 12.0. The van der Waals surface area contributed by atoms with Crippen LogP contribution in [0.3, 0.4) is 0 Å². The van der Waals surface area contributed by atoms with Gasteiger partial charge in [-0.1, -0.05) is 0 Å². The molecule has 6 N–H and O–H groups in total. The zero-order valence-electron chi connectivity index (χ0n) is 12.9. The number of H-pyrrole nitrogens is 1. The molecule has 3 heterocycles. The van der Waals surface area contributed by atoms with Crippen molar-refractivity contribution in [3.05, 3.63) is 22.6 Å². The molecular formula is C13H19N7O3S. The smallest absolute Gasteiger partial charge is 0.275 e. The van der Waals surface area contributed by atoms with Crippen LogP contribution in [0.1, 0.15) is 12.8 Å². The number of aromatic nitrogens is 3. The number of nitrogens with two attached hydrogens (primary N) is 2. The van der Waals surface area contributed by atoms with Crippen molar-refractivity contribution >= 4 is 32.6 Å². The van der Waals surface area contributed by atoms with E-state index in [1.807, 2.05) is 0 Å². The molecule has 1 fully saturated rings. The molecule has 0 amide bonds. The van der Waals surface area contributed by atoms with Gasteiger partial charge in [-0.2, -0.15) is 13.5 Å². The second-order valence-corrected chi connectivity index (χ2v) is 7.23. The van der Waals surface area contributed by atoms with Gasteiger partial charge in [0.2, 0.25) is 0 Å². The third kappa shape index (κ3) is 3.63. The number of rotatable bonds is 4. The number of nitrogens with zero attached hydrogens (tertiary/aromatic N) is 3. The highest BCUT2D eigenvalue weighted by Gasteiger charge is 2.22. The number of hydrogen-bond donors (Lipinski definition) is 4. The molecule has 3 rings (SSSR count). The number of piperidine rings is 1. The SMILES string of the molecule is Nc1nc(N2CCC(CNS(N)(=O)=O)CC2)cc2cn[nH]c(=O)c12. The maximum atomic E-state index is 11.8. The predicted octanol–water partition coefficient (Wildman–Crippen LogP) is -1.09. The number of aromatic amines is 1. The minimum atomic E-state index is -3.66. The van der Waals surface area contributed by atoms with Crippen molar-refractivity contribution in [1.29, 1.82) is 0 Å². The Morgan fingerprint density at radius 1 is 1.38 bits per heavy atom. The molecule has 2 aromatic heterocycles. The summed E-state index contributed by atoms with van der Waals surface area (Å²) in [6.45, 7) is 1.76. The molecule has 1 saturated heterocycles. The normalized spacial score (nSPS) is 16.6. The maximum Gasteiger partial charge on any atom is 0.275 e. The van der Waals surface area contributed by atoms with E-state index in [-0.39, 0.29) is 17.3 Å². The largest absolute Gasteiger partial charge is 0.383 e. The molecule has 0 saturated carbocycles. The van der Waals surface area contributed by atoms with Gasteiger partial charge in [-0.15, -0.1) is 0 Å². The van der Waals surface area contributed by atoms with Crippen LogP contribution >= 0.6 is 0 Å². The fourth-order valence-corrected chi connectivity index (χ4v) is 3.37. The van der Waals surface area contributed by atoms with E-state index in [2.05, 4.69) is 24.8 Å². The third-order valence-electron chi connectivity index (χ3n) is 4.17. The fraction of sp³-hybridized carbons (Fsp3) is 0.462. The Labute approximate surface area is 138 Å². The van der Waals surface area contributed by atoms with Crippen molar-refractivity contribution in [3.63, 3.8) is 0 Å². The first-order valence-electron chi connectivity index (χ1n) is 7.50. The molecule has 2 aromatic rings. The van der Waals surface area contributed by atoms with Gasteiger partial charge in [0, 0.05) is 25.0 Å². The molecule has 0 aliphatic carbocycles. The molecule has 10 nitrogen and oxygen atoms in total. The van der Waals surface area contributed by atoms with Gasteiger partial charge >= 0.3 is 0 Å². The Morgan fingerprint density at radius 2 is 2.08 bits per heavy atom. The zero-order valence-corrected chi connectivity index (χ0v) is 13.7. The average Bonchev–Trinajstić information content (AvgIpc) is 2.52. The molecule has 0 spiro atoms. The van der Waals surface area contributed by atoms with Gasteiger partial charge in [-0.05, 0) is 24.8 Å². The van der Waals surface area contributed by atoms with E-state index in [0.717, 1.165) is 12.8 Å². The first-order valence-corrected chi connectivity index (χ1v) is 9.04. The van der Waals surface area contributed by atoms with Crippen molar-refractivity contribution in [2.45, 2.75) is 12.8 Å². The molecule has 11 heteroatoms. The van der Waals surface area contributed by atoms with Gasteiger partial charge in [0.15, 0.2) is 0 Å². The van der Waals surface area contributed by atoms with Crippen molar-refractivity contribution < 1.29 is 8.42 Å². The number of fused-ring (bicyclic) bond motifs is 1. The van der Waals surface area contributed by atoms with E-state index >= 15 is 0 Å². The minimum absolute atomic E-state index is 0.171. The lowest BCUT2D eigenvalue weighted by molar-refractivity contribution is 0.401. The van der Waals surface area contributed by atoms with E-state index in [1.165, 1.54) is 0 Å². The molecule has 0 bridgehead atoms.